The summed E-state index contributed by atoms with van der Waals surface area (Å²) in [6.45, 7) is 3.50. The Morgan fingerprint density at radius 2 is 2.02 bits per heavy atom. The maximum atomic E-state index is 13.4. The van der Waals surface area contributed by atoms with Crippen molar-refractivity contribution >= 4 is 43.0 Å². The van der Waals surface area contributed by atoms with Crippen molar-refractivity contribution in [3.8, 4) is 5.75 Å². The van der Waals surface area contributed by atoms with Gasteiger partial charge in [0.05, 0.1) is 31.9 Å². The van der Waals surface area contributed by atoms with Crippen molar-refractivity contribution in [2.24, 2.45) is 13.0 Å². The fraction of sp³-hybridized carbons (Fsp3) is 0.440. The number of aromatic nitrogens is 2. The predicted octanol–water partition coefficient (Wildman–Crippen LogP) is 1.75. The molecular weight excluding hydrogens is 579 g/mol. The minimum atomic E-state index is -3.92. The number of nitrogens with zero attached hydrogens (tertiary/aromatic N) is 4. The van der Waals surface area contributed by atoms with Gasteiger partial charge in [-0.15, -0.1) is 11.3 Å². The summed E-state index contributed by atoms with van der Waals surface area (Å²) in [6, 6.07) is 7.30. The van der Waals surface area contributed by atoms with Crippen LogP contribution < -0.4 is 9.46 Å². The predicted molar refractivity (Wildman–Crippen MR) is 150 cm³/mol. The van der Waals surface area contributed by atoms with Crippen LogP contribution in [0.2, 0.25) is 0 Å². The molecule has 12 nitrogen and oxygen atoms in total. The average molecular weight is 612 g/mol. The molecule has 0 spiro atoms. The number of imidazole rings is 1. The van der Waals surface area contributed by atoms with E-state index in [9.17, 15) is 26.7 Å². The molecule has 0 bridgehead atoms. The molecule has 3 unspecified atom stereocenters. The Hall–Kier alpha value is -2.98. The monoisotopic (exact) mass is 611 g/mol. The number of carbonyl (C=O) groups is 1. The highest BCUT2D eigenvalue weighted by atomic mass is 32.2. The lowest BCUT2D eigenvalue weighted by molar-refractivity contribution is -0.134. The summed E-state index contributed by atoms with van der Waals surface area (Å²) in [5, 5.41) is 11.4. The first-order chi connectivity index (χ1) is 18.8. The number of hydrogen-bond acceptors (Lipinski definition) is 9. The highest BCUT2D eigenvalue weighted by Gasteiger charge is 2.34. The maximum Gasteiger partial charge on any atom is 0.271 e. The van der Waals surface area contributed by atoms with Gasteiger partial charge in [-0.25, -0.2) is 21.8 Å². The molecule has 1 aliphatic rings. The lowest BCUT2D eigenvalue weighted by Crippen LogP contribution is -2.48. The zero-order valence-corrected chi connectivity index (χ0v) is 25.0. The van der Waals surface area contributed by atoms with E-state index in [-0.39, 0.29) is 52.9 Å². The number of benzene rings is 1. The van der Waals surface area contributed by atoms with E-state index >= 15 is 0 Å². The molecule has 0 saturated heterocycles. The van der Waals surface area contributed by atoms with E-state index in [0.29, 0.717) is 11.3 Å². The Bertz CT molecular complexity index is 1550. The number of nitrogens with one attached hydrogen (secondary N) is 1. The van der Waals surface area contributed by atoms with E-state index in [0.717, 1.165) is 11.3 Å². The molecule has 3 aromatic rings. The van der Waals surface area contributed by atoms with Crippen LogP contribution in [0.3, 0.4) is 0 Å². The molecule has 0 saturated carbocycles. The molecule has 40 heavy (non-hydrogen) atoms. The molecule has 0 radical (unpaired) electrons. The van der Waals surface area contributed by atoms with E-state index in [1.807, 2.05) is 6.92 Å². The summed E-state index contributed by atoms with van der Waals surface area (Å²) in [5.41, 5.74) is 0.685. The van der Waals surface area contributed by atoms with Crippen LogP contribution in [0.4, 0.5) is 5.69 Å². The van der Waals surface area contributed by atoms with Crippen molar-refractivity contribution in [3.63, 3.8) is 0 Å². The number of fused-ring (bicyclic) bond motifs is 1. The summed E-state index contributed by atoms with van der Waals surface area (Å²) in [6.07, 6.45) is 2.03. The van der Waals surface area contributed by atoms with Crippen molar-refractivity contribution in [2.45, 2.75) is 41.6 Å². The van der Waals surface area contributed by atoms with Crippen LogP contribution in [0.1, 0.15) is 19.4 Å². The second-order valence-corrected chi connectivity index (χ2v) is 14.8. The zero-order chi connectivity index (χ0) is 29.2. The Labute approximate surface area is 238 Å². The fourth-order valence-electron chi connectivity index (χ4n) is 4.37. The van der Waals surface area contributed by atoms with Gasteiger partial charge in [-0.3, -0.25) is 9.52 Å². The Balaban J connectivity index is 1.68. The standard InChI is InChI=1S/C25H33N5O7S3/c1-17-12-30(18(2)15-31)24(32)11-19-10-20(27-39(33,34)25-6-5-9-38-25)7-8-21(19)37-22(17)13-29(4)40(35,36)23-14-28(3)16-26-23/h5-10,14,16-18,22,27,31H,11-13,15H2,1-4H3. The van der Waals surface area contributed by atoms with Crippen LogP contribution in [-0.2, 0) is 38.3 Å². The van der Waals surface area contributed by atoms with Crippen LogP contribution in [-0.4, -0.2) is 85.5 Å². The number of carbonyl (C=O) groups excluding carboxylic acids is 1. The minimum absolute atomic E-state index is 0.0399. The lowest BCUT2D eigenvalue weighted by atomic mass is 10.0. The number of anilines is 1. The summed E-state index contributed by atoms with van der Waals surface area (Å²) in [4.78, 5) is 18.9. The average Bonchev–Trinajstić information content (AvgIpc) is 3.60. The number of likely N-dealkylation sites (N-methyl/N-ethyl adjacent to an activating group) is 1. The highest BCUT2D eigenvalue weighted by Crippen LogP contribution is 2.31. The van der Waals surface area contributed by atoms with Crippen LogP contribution in [0.5, 0.6) is 5.75 Å². The van der Waals surface area contributed by atoms with Crippen molar-refractivity contribution in [3.05, 3.63) is 53.8 Å². The van der Waals surface area contributed by atoms with E-state index in [1.54, 1.807) is 47.0 Å². The van der Waals surface area contributed by atoms with E-state index in [2.05, 4.69) is 9.71 Å². The smallest absolute Gasteiger partial charge is 0.271 e. The van der Waals surface area contributed by atoms with Gasteiger partial charge in [-0.05, 0) is 36.6 Å². The van der Waals surface area contributed by atoms with Gasteiger partial charge in [0.15, 0.2) is 5.03 Å². The van der Waals surface area contributed by atoms with Crippen LogP contribution >= 0.6 is 11.3 Å². The largest absolute Gasteiger partial charge is 0.488 e. The number of rotatable bonds is 9. The molecule has 3 atom stereocenters. The second kappa shape index (κ2) is 11.9. The number of aliphatic hydroxyl groups excluding tert-OH is 1. The highest BCUT2D eigenvalue weighted by molar-refractivity contribution is 7.94. The topological polar surface area (TPSA) is 151 Å². The SMILES string of the molecule is CC1CN(C(C)CO)C(=O)Cc2cc(NS(=O)(=O)c3cccs3)ccc2OC1CN(C)S(=O)(=O)c1cn(C)cn1. The number of aryl methyl sites for hydroxylation is 1. The molecular formula is C25H33N5O7S3. The first-order valence-corrected chi connectivity index (χ1v) is 16.3. The quantitative estimate of drug-likeness (QED) is 0.372. The molecule has 4 rings (SSSR count). The van der Waals surface area contributed by atoms with Gasteiger partial charge >= 0.3 is 0 Å². The number of thiophene rings is 1. The van der Waals surface area contributed by atoms with Gasteiger partial charge < -0.3 is 19.3 Å². The molecule has 2 aromatic heterocycles. The van der Waals surface area contributed by atoms with Gasteiger partial charge in [-0.2, -0.15) is 4.31 Å². The third-order valence-corrected chi connectivity index (χ3v) is 11.2. The molecule has 0 fully saturated rings. The molecule has 0 aliphatic carbocycles. The van der Waals surface area contributed by atoms with E-state index in [4.69, 9.17) is 4.74 Å². The Kier molecular flexibility index (Phi) is 8.89. The number of ether oxygens (including phenoxy) is 1. The number of amides is 1. The van der Waals surface area contributed by atoms with E-state index < -0.39 is 32.2 Å². The molecule has 15 heteroatoms. The van der Waals surface area contributed by atoms with Crippen LogP contribution in [0, 0.1) is 5.92 Å². The maximum absolute atomic E-state index is 13.4. The Morgan fingerprint density at radius 1 is 1.27 bits per heavy atom. The first-order valence-electron chi connectivity index (χ1n) is 12.5. The number of sulfonamides is 2. The van der Waals surface area contributed by atoms with Gasteiger partial charge in [0.1, 0.15) is 16.1 Å². The molecule has 218 valence electrons. The third kappa shape index (κ3) is 6.49. The van der Waals surface area contributed by atoms with Crippen molar-refractivity contribution < 1.29 is 31.5 Å². The van der Waals surface area contributed by atoms with Gasteiger partial charge in [0.25, 0.3) is 20.0 Å². The van der Waals surface area contributed by atoms with Gasteiger partial charge in [-0.1, -0.05) is 13.0 Å². The zero-order valence-electron chi connectivity index (χ0n) is 22.6. The van der Waals surface area contributed by atoms with Crippen LogP contribution in [0.25, 0.3) is 0 Å². The summed E-state index contributed by atoms with van der Waals surface area (Å²) < 4.78 is 63.7. The van der Waals surface area contributed by atoms with Crippen molar-refractivity contribution in [1.82, 2.24) is 18.8 Å². The second-order valence-electron chi connectivity index (χ2n) is 9.91. The molecule has 3 heterocycles. The summed E-state index contributed by atoms with van der Waals surface area (Å²) >= 11 is 1.08. The number of hydrogen-bond donors (Lipinski definition) is 2. The molecule has 1 amide bonds. The number of aliphatic hydroxyl groups is 1. The molecule has 1 aliphatic heterocycles. The third-order valence-electron chi connectivity index (χ3n) is 6.72. The van der Waals surface area contributed by atoms with Gasteiger partial charge in [0.2, 0.25) is 5.91 Å². The van der Waals surface area contributed by atoms with Crippen molar-refractivity contribution in [1.29, 1.82) is 0 Å². The van der Waals surface area contributed by atoms with E-state index in [1.165, 1.54) is 36.0 Å². The summed E-state index contributed by atoms with van der Waals surface area (Å²) in [7, 11) is -4.62. The molecule has 2 N–H and O–H groups in total. The first kappa shape index (κ1) is 30.0. The normalized spacial score (nSPS) is 19.4. The van der Waals surface area contributed by atoms with Crippen LogP contribution in [0.15, 0.2) is 57.5 Å². The van der Waals surface area contributed by atoms with Crippen molar-refractivity contribution in [2.75, 3.05) is 31.5 Å². The van der Waals surface area contributed by atoms with Gasteiger partial charge in [0, 0.05) is 44.0 Å². The fourth-order valence-corrected chi connectivity index (χ4v) is 7.55. The minimum Gasteiger partial charge on any atom is -0.488 e. The lowest BCUT2D eigenvalue weighted by Gasteiger charge is -2.33. The Morgan fingerprint density at radius 3 is 2.65 bits per heavy atom. The summed E-state index contributed by atoms with van der Waals surface area (Å²) in [5.74, 6) is -0.264. The molecule has 1 aromatic carbocycles.